The molecule has 0 aromatic rings. The Morgan fingerprint density at radius 2 is 2.24 bits per heavy atom. The first-order valence-electron chi connectivity index (χ1n) is 6.11. The lowest BCUT2D eigenvalue weighted by Crippen LogP contribution is -2.71. The van der Waals surface area contributed by atoms with Gasteiger partial charge in [0, 0.05) is 12.6 Å². The molecule has 3 heterocycles. The number of hydrogen-bond acceptors (Lipinski definition) is 4. The Morgan fingerprint density at radius 1 is 1.53 bits per heavy atom. The Hall–Kier alpha value is -1.30. The minimum Gasteiger partial charge on any atom is -0.441 e. The summed E-state index contributed by atoms with van der Waals surface area (Å²) in [4.78, 5) is 24.1. The van der Waals surface area contributed by atoms with Crippen LogP contribution in [0.15, 0.2) is 0 Å². The van der Waals surface area contributed by atoms with E-state index >= 15 is 0 Å². The van der Waals surface area contributed by atoms with Crippen molar-refractivity contribution in [2.24, 2.45) is 5.73 Å². The summed E-state index contributed by atoms with van der Waals surface area (Å²) in [5, 5.41) is 3.50. The van der Waals surface area contributed by atoms with Crippen molar-refractivity contribution >= 4 is 12.0 Å². The van der Waals surface area contributed by atoms with Crippen molar-refractivity contribution in [1.29, 1.82) is 0 Å². The minimum atomic E-state index is -0.501. The van der Waals surface area contributed by atoms with Gasteiger partial charge in [0.1, 0.15) is 12.1 Å². The van der Waals surface area contributed by atoms with Crippen LogP contribution >= 0.6 is 0 Å². The molecule has 1 aliphatic carbocycles. The molecule has 1 saturated carbocycles. The van der Waals surface area contributed by atoms with Crippen LogP contribution in [0.5, 0.6) is 0 Å². The van der Waals surface area contributed by atoms with Crippen molar-refractivity contribution in [3.05, 3.63) is 0 Å². The Labute approximate surface area is 99.5 Å². The number of hydrogen-bond donors (Lipinski definition) is 2. The molecule has 0 radical (unpaired) electrons. The van der Waals surface area contributed by atoms with E-state index in [0.717, 1.165) is 25.7 Å². The second-order valence-corrected chi connectivity index (χ2v) is 5.27. The summed E-state index contributed by atoms with van der Waals surface area (Å²) in [5.41, 5.74) is 4.79. The van der Waals surface area contributed by atoms with Crippen LogP contribution in [0.1, 0.15) is 25.7 Å². The monoisotopic (exact) mass is 239 g/mol. The zero-order valence-electron chi connectivity index (χ0n) is 9.65. The maximum absolute atomic E-state index is 11.8. The van der Waals surface area contributed by atoms with Crippen LogP contribution in [0.3, 0.4) is 0 Å². The molecule has 6 heteroatoms. The van der Waals surface area contributed by atoms with Gasteiger partial charge in [0.15, 0.2) is 0 Å². The highest BCUT2D eigenvalue weighted by molar-refractivity contribution is 5.81. The highest BCUT2D eigenvalue weighted by Crippen LogP contribution is 2.42. The maximum Gasteiger partial charge on any atom is 0.410 e. The van der Waals surface area contributed by atoms with E-state index in [4.69, 9.17) is 10.5 Å². The number of piperidine rings is 2. The van der Waals surface area contributed by atoms with Crippen LogP contribution in [-0.4, -0.2) is 47.7 Å². The molecule has 3 aliphatic heterocycles. The molecule has 3 saturated heterocycles. The molecule has 2 bridgehead atoms. The predicted molar refractivity (Wildman–Crippen MR) is 59.2 cm³/mol. The maximum atomic E-state index is 11.8. The molecule has 1 spiro atoms. The highest BCUT2D eigenvalue weighted by atomic mass is 16.6. The number of carbonyl (C=O) groups is 2. The third-order valence-electron chi connectivity index (χ3n) is 4.20. The molecule has 17 heavy (non-hydrogen) atoms. The smallest absolute Gasteiger partial charge is 0.410 e. The molecule has 0 aromatic heterocycles. The molecule has 94 valence electrons. The van der Waals surface area contributed by atoms with Crippen molar-refractivity contribution in [2.75, 3.05) is 13.1 Å². The molecule has 2 amide bonds. The summed E-state index contributed by atoms with van der Waals surface area (Å²) in [5.74, 6) is -0.501. The first-order chi connectivity index (χ1) is 8.09. The molecule has 3 N–H and O–H groups in total. The quantitative estimate of drug-likeness (QED) is 0.685. The number of nitrogens with two attached hydrogens (primary N) is 1. The molecule has 1 atom stereocenters. The first-order valence-corrected chi connectivity index (χ1v) is 6.11. The molecule has 4 fully saturated rings. The fourth-order valence-corrected chi connectivity index (χ4v) is 3.30. The van der Waals surface area contributed by atoms with Gasteiger partial charge in [-0.15, -0.1) is 0 Å². The minimum absolute atomic E-state index is 0.0578. The van der Waals surface area contributed by atoms with Gasteiger partial charge < -0.3 is 15.8 Å². The first kappa shape index (κ1) is 10.8. The number of amides is 2. The van der Waals surface area contributed by atoms with Crippen molar-refractivity contribution in [1.82, 2.24) is 10.2 Å². The van der Waals surface area contributed by atoms with Gasteiger partial charge in [-0.3, -0.25) is 9.69 Å². The SMILES string of the molecule is NC(=O)CN1CC2NC3CCC2(CC3)OC1=O. The lowest BCUT2D eigenvalue weighted by molar-refractivity contribution is -0.132. The van der Waals surface area contributed by atoms with Gasteiger partial charge in [0.25, 0.3) is 0 Å². The van der Waals surface area contributed by atoms with Crippen molar-refractivity contribution < 1.29 is 14.3 Å². The van der Waals surface area contributed by atoms with Gasteiger partial charge in [-0.25, -0.2) is 4.79 Å². The summed E-state index contributed by atoms with van der Waals surface area (Å²) in [6, 6.07) is 0.682. The average Bonchev–Trinajstić information content (AvgIpc) is 2.29. The number of ether oxygens (including phenoxy) is 1. The van der Waals surface area contributed by atoms with Gasteiger partial charge >= 0.3 is 6.09 Å². The standard InChI is InChI=1S/C11H17N3O3/c12-9(15)6-14-5-8-11(17-10(14)16)3-1-7(13-8)2-4-11/h7-8,13H,1-6H2,(H2,12,15). The number of nitrogens with zero attached hydrogens (tertiary/aromatic N) is 1. The molecular formula is C11H17N3O3. The molecule has 4 aliphatic rings. The number of primary amides is 1. The van der Waals surface area contributed by atoms with E-state index in [1.54, 1.807) is 0 Å². The van der Waals surface area contributed by atoms with E-state index < -0.39 is 12.0 Å². The number of nitrogens with one attached hydrogen (secondary N) is 1. The zero-order valence-corrected chi connectivity index (χ0v) is 9.65. The Kier molecular flexibility index (Phi) is 2.29. The molecular weight excluding hydrogens is 222 g/mol. The second-order valence-electron chi connectivity index (χ2n) is 5.27. The summed E-state index contributed by atoms with van der Waals surface area (Å²) in [7, 11) is 0. The van der Waals surface area contributed by atoms with Gasteiger partial charge in [0.05, 0.1) is 6.04 Å². The predicted octanol–water partition coefficient (Wildman–Crippen LogP) is -0.423. The molecule has 1 unspecified atom stereocenters. The second kappa shape index (κ2) is 3.60. The van der Waals surface area contributed by atoms with Crippen molar-refractivity contribution in [3.63, 3.8) is 0 Å². The number of fused-ring (bicyclic) bond motifs is 2. The van der Waals surface area contributed by atoms with E-state index in [1.807, 2.05) is 0 Å². The van der Waals surface area contributed by atoms with Gasteiger partial charge in [-0.05, 0) is 25.7 Å². The topological polar surface area (TPSA) is 84.7 Å². The van der Waals surface area contributed by atoms with Crippen LogP contribution in [0, 0.1) is 0 Å². The number of carbonyl (C=O) groups excluding carboxylic acids is 2. The summed E-state index contributed by atoms with van der Waals surface area (Å²) in [6.45, 7) is 0.468. The van der Waals surface area contributed by atoms with Gasteiger partial charge in [-0.2, -0.15) is 0 Å². The van der Waals surface area contributed by atoms with Crippen molar-refractivity contribution in [3.8, 4) is 0 Å². The van der Waals surface area contributed by atoms with E-state index in [9.17, 15) is 9.59 Å². The molecule has 0 aromatic carbocycles. The van der Waals surface area contributed by atoms with Crippen LogP contribution in [0.4, 0.5) is 4.79 Å². The lowest BCUT2D eigenvalue weighted by atomic mass is 9.71. The number of rotatable bonds is 2. The fourth-order valence-electron chi connectivity index (χ4n) is 3.30. The fraction of sp³-hybridized carbons (Fsp3) is 0.818. The average molecular weight is 239 g/mol. The van der Waals surface area contributed by atoms with Crippen molar-refractivity contribution in [2.45, 2.75) is 43.4 Å². The lowest BCUT2D eigenvalue weighted by Gasteiger charge is -2.55. The largest absolute Gasteiger partial charge is 0.441 e. The normalized spacial score (nSPS) is 39.8. The third kappa shape index (κ3) is 1.67. The molecule has 6 nitrogen and oxygen atoms in total. The summed E-state index contributed by atoms with van der Waals surface area (Å²) < 4.78 is 5.60. The van der Waals surface area contributed by atoms with Gasteiger partial charge in [-0.1, -0.05) is 0 Å². The van der Waals surface area contributed by atoms with E-state index in [0.29, 0.717) is 12.6 Å². The Bertz CT molecular complexity index is 363. The molecule has 4 rings (SSSR count). The van der Waals surface area contributed by atoms with Crippen LogP contribution < -0.4 is 11.1 Å². The summed E-state index contributed by atoms with van der Waals surface area (Å²) in [6.07, 6.45) is 3.61. The van der Waals surface area contributed by atoms with Crippen LogP contribution in [0.2, 0.25) is 0 Å². The van der Waals surface area contributed by atoms with Gasteiger partial charge in [0.2, 0.25) is 5.91 Å². The zero-order chi connectivity index (χ0) is 12.0. The Morgan fingerprint density at radius 3 is 2.88 bits per heavy atom. The van der Waals surface area contributed by atoms with Crippen LogP contribution in [-0.2, 0) is 9.53 Å². The summed E-state index contributed by atoms with van der Waals surface area (Å²) >= 11 is 0. The highest BCUT2D eigenvalue weighted by Gasteiger charge is 2.54. The van der Waals surface area contributed by atoms with E-state index in [1.165, 1.54) is 4.90 Å². The Balaban J connectivity index is 1.78. The van der Waals surface area contributed by atoms with E-state index in [2.05, 4.69) is 5.32 Å². The van der Waals surface area contributed by atoms with E-state index in [-0.39, 0.29) is 18.2 Å². The third-order valence-corrected chi connectivity index (χ3v) is 4.20. The van der Waals surface area contributed by atoms with Crippen LogP contribution in [0.25, 0.3) is 0 Å².